The molecule has 31 heavy (non-hydrogen) atoms. The zero-order chi connectivity index (χ0) is 22.4. The molecule has 2 amide bonds. The first-order chi connectivity index (χ1) is 14.8. The molecule has 0 fully saturated rings. The number of rotatable bonds is 6. The van der Waals surface area contributed by atoms with Gasteiger partial charge in [0, 0.05) is 5.56 Å². The molecule has 0 bridgehead atoms. The largest absolute Gasteiger partial charge is 0.495 e. The second kappa shape index (κ2) is 9.26. The maximum atomic E-state index is 13.6. The predicted octanol–water partition coefficient (Wildman–Crippen LogP) is 2.71. The van der Waals surface area contributed by atoms with Gasteiger partial charge in [-0.3, -0.25) is 25.2 Å². The lowest BCUT2D eigenvalue weighted by Crippen LogP contribution is -2.42. The van der Waals surface area contributed by atoms with E-state index in [0.717, 1.165) is 12.1 Å². The van der Waals surface area contributed by atoms with Crippen LogP contribution in [0.3, 0.4) is 0 Å². The molecular weight excluding hydrogens is 425 g/mol. The van der Waals surface area contributed by atoms with Crippen LogP contribution in [0.5, 0.6) is 5.75 Å². The Morgan fingerprint density at radius 3 is 2.29 bits per heavy atom. The fourth-order valence-electron chi connectivity index (χ4n) is 2.64. The smallest absolute Gasteiger partial charge is 0.272 e. The number of sulfonamides is 1. The van der Waals surface area contributed by atoms with E-state index < -0.39 is 27.7 Å². The van der Waals surface area contributed by atoms with Gasteiger partial charge in [0.2, 0.25) is 0 Å². The third kappa shape index (κ3) is 5.17. The van der Waals surface area contributed by atoms with Crippen LogP contribution in [-0.4, -0.2) is 27.3 Å². The molecule has 160 valence electrons. The molecular formula is C21H18FN3O5S. The lowest BCUT2D eigenvalue weighted by atomic mass is 10.2. The summed E-state index contributed by atoms with van der Waals surface area (Å²) in [6.45, 7) is 0. The maximum absolute atomic E-state index is 13.6. The predicted molar refractivity (Wildman–Crippen MR) is 112 cm³/mol. The minimum Gasteiger partial charge on any atom is -0.495 e. The summed E-state index contributed by atoms with van der Waals surface area (Å²) < 4.78 is 46.6. The Morgan fingerprint density at radius 1 is 0.871 bits per heavy atom. The first kappa shape index (κ1) is 21.8. The molecule has 10 heteroatoms. The molecule has 3 N–H and O–H groups in total. The molecule has 0 radical (unpaired) electrons. The number of carbonyl (C=O) groups excluding carboxylic acids is 2. The van der Waals surface area contributed by atoms with E-state index in [9.17, 15) is 22.4 Å². The van der Waals surface area contributed by atoms with E-state index in [1.54, 1.807) is 18.2 Å². The van der Waals surface area contributed by atoms with Crippen LogP contribution in [-0.2, 0) is 10.0 Å². The van der Waals surface area contributed by atoms with Crippen molar-refractivity contribution in [3.63, 3.8) is 0 Å². The highest BCUT2D eigenvalue weighted by molar-refractivity contribution is 7.92. The molecule has 3 aromatic rings. The van der Waals surface area contributed by atoms with E-state index in [-0.39, 0.29) is 21.7 Å². The van der Waals surface area contributed by atoms with Crippen LogP contribution in [0.15, 0.2) is 77.7 Å². The number of ether oxygens (including phenoxy) is 1. The van der Waals surface area contributed by atoms with E-state index >= 15 is 0 Å². The normalized spacial score (nSPS) is 10.8. The summed E-state index contributed by atoms with van der Waals surface area (Å²) in [5.41, 5.74) is 4.17. The molecule has 8 nitrogen and oxygen atoms in total. The van der Waals surface area contributed by atoms with E-state index in [1.165, 1.54) is 49.6 Å². The van der Waals surface area contributed by atoms with Crippen molar-refractivity contribution in [2.24, 2.45) is 0 Å². The van der Waals surface area contributed by atoms with Gasteiger partial charge in [-0.2, -0.15) is 0 Å². The van der Waals surface area contributed by atoms with E-state index in [2.05, 4.69) is 15.6 Å². The summed E-state index contributed by atoms with van der Waals surface area (Å²) >= 11 is 0. The summed E-state index contributed by atoms with van der Waals surface area (Å²) in [4.78, 5) is 24.2. The topological polar surface area (TPSA) is 114 Å². The lowest BCUT2D eigenvalue weighted by Gasteiger charge is -2.12. The highest BCUT2D eigenvalue weighted by Gasteiger charge is 2.19. The monoisotopic (exact) mass is 443 g/mol. The van der Waals surface area contributed by atoms with Crippen LogP contribution in [0.1, 0.15) is 20.7 Å². The number of nitrogens with one attached hydrogen (secondary N) is 3. The molecule has 0 spiro atoms. The number of amides is 2. The third-order valence-electron chi connectivity index (χ3n) is 4.17. The van der Waals surface area contributed by atoms with Crippen molar-refractivity contribution in [1.29, 1.82) is 0 Å². The first-order valence-electron chi connectivity index (χ1n) is 8.93. The quantitative estimate of drug-likeness (QED) is 0.507. The average molecular weight is 443 g/mol. The van der Waals surface area contributed by atoms with Gasteiger partial charge < -0.3 is 4.74 Å². The van der Waals surface area contributed by atoms with Crippen molar-refractivity contribution in [1.82, 2.24) is 10.9 Å². The number of halogens is 1. The summed E-state index contributed by atoms with van der Waals surface area (Å²) in [5.74, 6) is -2.05. The molecule has 3 aromatic carbocycles. The van der Waals surface area contributed by atoms with E-state index in [0.29, 0.717) is 5.75 Å². The van der Waals surface area contributed by atoms with E-state index in [1.807, 2.05) is 0 Å². The molecule has 0 unspecified atom stereocenters. The number of para-hydroxylation sites is 2. The SMILES string of the molecule is COc1ccccc1NS(=O)(=O)c1cccc(C(=O)NNC(=O)c2ccccc2F)c1. The molecule has 0 saturated heterocycles. The average Bonchev–Trinajstić information content (AvgIpc) is 2.77. The Kier molecular flexibility index (Phi) is 6.51. The number of hydrogen-bond donors (Lipinski definition) is 3. The van der Waals surface area contributed by atoms with Crippen LogP contribution < -0.4 is 20.3 Å². The van der Waals surface area contributed by atoms with Crippen molar-refractivity contribution < 1.29 is 27.1 Å². The molecule has 0 aliphatic heterocycles. The lowest BCUT2D eigenvalue weighted by molar-refractivity contribution is 0.0844. The van der Waals surface area contributed by atoms with Crippen LogP contribution in [0.4, 0.5) is 10.1 Å². The number of methoxy groups -OCH3 is 1. The summed E-state index contributed by atoms with van der Waals surface area (Å²) in [5, 5.41) is 0. The first-order valence-corrected chi connectivity index (χ1v) is 10.4. The van der Waals surface area contributed by atoms with Gasteiger partial charge in [-0.1, -0.05) is 30.3 Å². The zero-order valence-corrected chi connectivity index (χ0v) is 17.1. The summed E-state index contributed by atoms with van der Waals surface area (Å²) in [6.07, 6.45) is 0. The number of carbonyl (C=O) groups is 2. The van der Waals surface area contributed by atoms with Crippen LogP contribution >= 0.6 is 0 Å². The van der Waals surface area contributed by atoms with E-state index in [4.69, 9.17) is 4.74 Å². The van der Waals surface area contributed by atoms with Gasteiger partial charge in [-0.05, 0) is 42.5 Å². The number of benzene rings is 3. The Bertz CT molecular complexity index is 1230. The zero-order valence-electron chi connectivity index (χ0n) is 16.3. The fourth-order valence-corrected chi connectivity index (χ4v) is 3.75. The van der Waals surface area contributed by atoms with Gasteiger partial charge in [0.1, 0.15) is 11.6 Å². The highest BCUT2D eigenvalue weighted by atomic mass is 32.2. The van der Waals surface area contributed by atoms with Gasteiger partial charge in [0.15, 0.2) is 0 Å². The third-order valence-corrected chi connectivity index (χ3v) is 5.53. The van der Waals surface area contributed by atoms with Gasteiger partial charge in [-0.15, -0.1) is 0 Å². The molecule has 0 aliphatic carbocycles. The molecule has 0 saturated carbocycles. The molecule has 0 aromatic heterocycles. The second-order valence-corrected chi connectivity index (χ2v) is 7.90. The number of hydrazine groups is 1. The van der Waals surface area contributed by atoms with Crippen LogP contribution in [0, 0.1) is 5.82 Å². The van der Waals surface area contributed by atoms with Gasteiger partial charge in [0.25, 0.3) is 21.8 Å². The number of hydrogen-bond acceptors (Lipinski definition) is 5. The van der Waals surface area contributed by atoms with Crippen molar-refractivity contribution in [2.45, 2.75) is 4.90 Å². The minimum absolute atomic E-state index is 0.0308. The standard InChI is InChI=1S/C21H18FN3O5S/c1-30-19-12-5-4-11-18(19)25-31(28,29)15-8-6-7-14(13-15)20(26)23-24-21(27)16-9-2-3-10-17(16)22/h2-13,25H,1H3,(H,23,26)(H,24,27). The Balaban J connectivity index is 1.74. The second-order valence-electron chi connectivity index (χ2n) is 6.22. The highest BCUT2D eigenvalue weighted by Crippen LogP contribution is 2.26. The Hall–Kier alpha value is -3.92. The van der Waals surface area contributed by atoms with Crippen molar-refractivity contribution in [3.05, 3.63) is 89.7 Å². The molecule has 0 aliphatic rings. The molecule has 3 rings (SSSR count). The molecule has 0 atom stereocenters. The van der Waals surface area contributed by atoms with Crippen molar-refractivity contribution in [2.75, 3.05) is 11.8 Å². The van der Waals surface area contributed by atoms with Gasteiger partial charge in [0.05, 0.1) is 23.3 Å². The Morgan fingerprint density at radius 2 is 1.55 bits per heavy atom. The summed E-state index contributed by atoms with van der Waals surface area (Å²) in [7, 11) is -2.62. The van der Waals surface area contributed by atoms with Gasteiger partial charge >= 0.3 is 0 Å². The summed E-state index contributed by atoms with van der Waals surface area (Å²) in [6, 6.07) is 16.9. The fraction of sp³-hybridized carbons (Fsp3) is 0.0476. The van der Waals surface area contributed by atoms with Crippen molar-refractivity contribution in [3.8, 4) is 5.75 Å². The maximum Gasteiger partial charge on any atom is 0.272 e. The van der Waals surface area contributed by atoms with Crippen molar-refractivity contribution >= 4 is 27.5 Å². The van der Waals surface area contributed by atoms with Crippen LogP contribution in [0.2, 0.25) is 0 Å². The van der Waals surface area contributed by atoms with Crippen LogP contribution in [0.25, 0.3) is 0 Å². The minimum atomic E-state index is -4.03. The molecule has 0 heterocycles. The number of anilines is 1. The Labute approximate surface area is 178 Å². The van der Waals surface area contributed by atoms with Gasteiger partial charge in [-0.25, -0.2) is 12.8 Å².